The molecule has 2 aromatic carbocycles. The van der Waals surface area contributed by atoms with Crippen LogP contribution in [-0.2, 0) is 6.61 Å². The molecule has 0 radical (unpaired) electrons. The van der Waals surface area contributed by atoms with Gasteiger partial charge in [-0.05, 0) is 23.8 Å². The van der Waals surface area contributed by atoms with Gasteiger partial charge in [-0.2, -0.15) is 0 Å². The predicted octanol–water partition coefficient (Wildman–Crippen LogP) is 4.29. The zero-order chi connectivity index (χ0) is 12.4. The molecule has 0 aliphatic carbocycles. The van der Waals surface area contributed by atoms with E-state index in [1.165, 1.54) is 6.07 Å². The maximum Gasteiger partial charge on any atom is 0.131 e. The van der Waals surface area contributed by atoms with E-state index in [2.05, 4.69) is 0 Å². The van der Waals surface area contributed by atoms with Crippen molar-refractivity contribution in [3.8, 4) is 11.1 Å². The first-order chi connectivity index (χ1) is 8.13. The molecule has 0 saturated heterocycles. The Morgan fingerprint density at radius 2 is 1.88 bits per heavy atom. The fraction of sp³-hybridized carbons (Fsp3) is 0.0769. The third-order valence-corrected chi connectivity index (χ3v) is 3.02. The summed E-state index contributed by atoms with van der Waals surface area (Å²) in [4.78, 5) is 0. The van der Waals surface area contributed by atoms with Crippen LogP contribution in [-0.4, -0.2) is 5.11 Å². The first kappa shape index (κ1) is 12.4. The van der Waals surface area contributed by atoms with E-state index in [9.17, 15) is 9.50 Å². The third kappa shape index (κ3) is 2.44. The summed E-state index contributed by atoms with van der Waals surface area (Å²) in [6.07, 6.45) is 0. The zero-order valence-electron chi connectivity index (χ0n) is 8.75. The third-order valence-electron chi connectivity index (χ3n) is 2.47. The second-order valence-electron chi connectivity index (χ2n) is 3.56. The van der Waals surface area contributed by atoms with Crippen molar-refractivity contribution in [2.45, 2.75) is 6.61 Å². The highest BCUT2D eigenvalue weighted by Gasteiger charge is 2.13. The minimum absolute atomic E-state index is 0.244. The highest BCUT2D eigenvalue weighted by molar-refractivity contribution is 6.36. The van der Waals surface area contributed by atoms with E-state index in [0.29, 0.717) is 26.7 Å². The number of aliphatic hydroxyl groups excluding tert-OH is 1. The number of hydrogen-bond donors (Lipinski definition) is 1. The van der Waals surface area contributed by atoms with Crippen molar-refractivity contribution in [2.75, 3.05) is 0 Å². The normalized spacial score (nSPS) is 10.6. The summed E-state index contributed by atoms with van der Waals surface area (Å²) >= 11 is 11.8. The molecule has 17 heavy (non-hydrogen) atoms. The Morgan fingerprint density at radius 1 is 1.12 bits per heavy atom. The summed E-state index contributed by atoms with van der Waals surface area (Å²) in [6, 6.07) is 9.36. The Kier molecular flexibility index (Phi) is 3.67. The van der Waals surface area contributed by atoms with Crippen LogP contribution in [0.15, 0.2) is 36.4 Å². The van der Waals surface area contributed by atoms with Gasteiger partial charge in [-0.15, -0.1) is 0 Å². The number of halogens is 3. The summed E-state index contributed by atoms with van der Waals surface area (Å²) in [5.74, 6) is -0.416. The van der Waals surface area contributed by atoms with Gasteiger partial charge in [0.25, 0.3) is 0 Å². The van der Waals surface area contributed by atoms with Gasteiger partial charge in [-0.3, -0.25) is 0 Å². The lowest BCUT2D eigenvalue weighted by Gasteiger charge is -2.10. The fourth-order valence-electron chi connectivity index (χ4n) is 1.69. The molecule has 0 fully saturated rings. The maximum atomic E-state index is 13.8. The first-order valence-corrected chi connectivity index (χ1v) is 5.72. The zero-order valence-corrected chi connectivity index (χ0v) is 10.3. The van der Waals surface area contributed by atoms with Crippen molar-refractivity contribution in [1.82, 2.24) is 0 Å². The molecule has 0 spiro atoms. The molecule has 2 aromatic rings. The van der Waals surface area contributed by atoms with Crippen molar-refractivity contribution in [3.63, 3.8) is 0 Å². The van der Waals surface area contributed by atoms with Crippen LogP contribution in [0.25, 0.3) is 11.1 Å². The SMILES string of the molecule is OCc1cccc(F)c1-c1ccc(Cl)cc1Cl. The molecule has 0 aliphatic heterocycles. The molecule has 0 heterocycles. The Morgan fingerprint density at radius 3 is 2.53 bits per heavy atom. The second kappa shape index (κ2) is 5.05. The average molecular weight is 271 g/mol. The topological polar surface area (TPSA) is 20.2 Å². The quantitative estimate of drug-likeness (QED) is 0.863. The van der Waals surface area contributed by atoms with Crippen LogP contribution in [0, 0.1) is 5.82 Å². The molecule has 0 atom stereocenters. The van der Waals surface area contributed by atoms with Gasteiger partial charge >= 0.3 is 0 Å². The number of hydrogen-bond acceptors (Lipinski definition) is 1. The van der Waals surface area contributed by atoms with Gasteiger partial charge in [0.15, 0.2) is 0 Å². The standard InChI is InChI=1S/C13H9Cl2FO/c14-9-4-5-10(11(15)6-9)13-8(7-17)2-1-3-12(13)16/h1-6,17H,7H2. The second-order valence-corrected chi connectivity index (χ2v) is 4.40. The summed E-state index contributed by atoms with van der Waals surface area (Å²) in [6.45, 7) is -0.244. The van der Waals surface area contributed by atoms with Gasteiger partial charge in [0, 0.05) is 21.2 Å². The molecular weight excluding hydrogens is 262 g/mol. The highest BCUT2D eigenvalue weighted by Crippen LogP contribution is 2.34. The van der Waals surface area contributed by atoms with E-state index in [1.807, 2.05) is 0 Å². The van der Waals surface area contributed by atoms with Crippen molar-refractivity contribution in [3.05, 3.63) is 57.8 Å². The molecule has 0 unspecified atom stereocenters. The van der Waals surface area contributed by atoms with Crippen LogP contribution in [0.2, 0.25) is 10.0 Å². The molecule has 2 rings (SSSR count). The minimum atomic E-state index is -0.416. The molecule has 1 N–H and O–H groups in total. The first-order valence-electron chi connectivity index (χ1n) is 4.97. The van der Waals surface area contributed by atoms with Crippen molar-refractivity contribution >= 4 is 23.2 Å². The van der Waals surface area contributed by atoms with Crippen LogP contribution in [0.1, 0.15) is 5.56 Å². The molecule has 0 amide bonds. The van der Waals surface area contributed by atoms with E-state index < -0.39 is 5.82 Å². The van der Waals surface area contributed by atoms with E-state index in [-0.39, 0.29) is 6.61 Å². The van der Waals surface area contributed by atoms with Gasteiger partial charge in [0.05, 0.1) is 6.61 Å². The number of aliphatic hydroxyl groups is 1. The lowest BCUT2D eigenvalue weighted by molar-refractivity contribution is 0.282. The van der Waals surface area contributed by atoms with E-state index in [4.69, 9.17) is 23.2 Å². The lowest BCUT2D eigenvalue weighted by Crippen LogP contribution is -1.94. The molecule has 0 aliphatic rings. The van der Waals surface area contributed by atoms with Crippen molar-refractivity contribution in [1.29, 1.82) is 0 Å². The van der Waals surface area contributed by atoms with Crippen molar-refractivity contribution < 1.29 is 9.50 Å². The van der Waals surface area contributed by atoms with E-state index in [0.717, 1.165) is 0 Å². The Balaban J connectivity index is 2.67. The monoisotopic (exact) mass is 270 g/mol. The lowest BCUT2D eigenvalue weighted by atomic mass is 9.99. The minimum Gasteiger partial charge on any atom is -0.392 e. The summed E-state index contributed by atoms with van der Waals surface area (Å²) in [5.41, 5.74) is 1.34. The highest BCUT2D eigenvalue weighted by atomic mass is 35.5. The number of rotatable bonds is 2. The summed E-state index contributed by atoms with van der Waals surface area (Å²) < 4.78 is 13.8. The molecule has 0 aromatic heterocycles. The molecule has 0 bridgehead atoms. The number of benzene rings is 2. The molecule has 88 valence electrons. The van der Waals surface area contributed by atoms with Gasteiger partial charge in [0.2, 0.25) is 0 Å². The summed E-state index contributed by atoms with van der Waals surface area (Å²) in [5, 5.41) is 10.1. The van der Waals surface area contributed by atoms with Gasteiger partial charge in [-0.1, -0.05) is 41.4 Å². The molecular formula is C13H9Cl2FO. The summed E-state index contributed by atoms with van der Waals surface area (Å²) in [7, 11) is 0. The molecule has 4 heteroatoms. The Bertz CT molecular complexity index is 555. The van der Waals surface area contributed by atoms with Crippen LogP contribution in [0.3, 0.4) is 0 Å². The van der Waals surface area contributed by atoms with Crippen molar-refractivity contribution in [2.24, 2.45) is 0 Å². The largest absolute Gasteiger partial charge is 0.392 e. The van der Waals surface area contributed by atoms with Crippen LogP contribution in [0.4, 0.5) is 4.39 Å². The Hall–Kier alpha value is -1.09. The molecule has 0 saturated carbocycles. The average Bonchev–Trinajstić information content (AvgIpc) is 2.30. The van der Waals surface area contributed by atoms with Gasteiger partial charge < -0.3 is 5.11 Å². The smallest absolute Gasteiger partial charge is 0.131 e. The Labute approximate surface area is 108 Å². The van der Waals surface area contributed by atoms with Crippen LogP contribution >= 0.6 is 23.2 Å². The van der Waals surface area contributed by atoms with Crippen LogP contribution < -0.4 is 0 Å². The van der Waals surface area contributed by atoms with E-state index >= 15 is 0 Å². The van der Waals surface area contributed by atoms with Crippen LogP contribution in [0.5, 0.6) is 0 Å². The van der Waals surface area contributed by atoms with Gasteiger partial charge in [0.1, 0.15) is 5.82 Å². The van der Waals surface area contributed by atoms with E-state index in [1.54, 1.807) is 30.3 Å². The maximum absolute atomic E-state index is 13.8. The molecule has 1 nitrogen and oxygen atoms in total. The van der Waals surface area contributed by atoms with Gasteiger partial charge in [-0.25, -0.2) is 4.39 Å². The fourth-order valence-corrected chi connectivity index (χ4v) is 2.20. The predicted molar refractivity (Wildman–Crippen MR) is 67.8 cm³/mol.